The summed E-state index contributed by atoms with van der Waals surface area (Å²) in [7, 11) is 0. The standard InChI is InChI=1S/C35H36Cl2N4O5/c1-21(11-12-42)39-34(43)23-9-10-30(37)25(15-23)18-40-19-26(17-38-40)27-5-3-7-31-33(27)28-16-24(28)20-41(31)35(44)46-14-13-45-32-8-4-6-29(36)22(32)2/h3-10,15,17,19,21,24,28,42H,11-14,16,18,20H2,1-2H3,(H,39,43)/t21?,24-,28-/m0/s1. The molecule has 6 rings (SSSR count). The number of amides is 2. The molecule has 4 aromatic rings. The highest BCUT2D eigenvalue weighted by atomic mass is 35.5. The van der Waals surface area contributed by atoms with E-state index in [0.717, 1.165) is 39.9 Å². The molecule has 0 bridgehead atoms. The van der Waals surface area contributed by atoms with Crippen LogP contribution in [0.25, 0.3) is 11.1 Å². The van der Waals surface area contributed by atoms with Gasteiger partial charge in [0.25, 0.3) is 5.91 Å². The molecule has 2 amide bonds. The SMILES string of the molecule is Cc1c(Cl)cccc1OCCOC(=O)N1C[C@@H]2C[C@@H]2c2c(-c3cnn(Cc4cc(C(=O)NC(C)CCO)ccc4Cl)c3)cccc21. The van der Waals surface area contributed by atoms with Crippen molar-refractivity contribution in [2.24, 2.45) is 5.92 Å². The Bertz CT molecular complexity index is 1760. The molecule has 0 saturated heterocycles. The maximum atomic E-state index is 13.3. The second-order valence-corrected chi connectivity index (χ2v) is 12.7. The number of aromatic nitrogens is 2. The zero-order chi connectivity index (χ0) is 32.4. The number of ether oxygens (including phenoxy) is 2. The summed E-state index contributed by atoms with van der Waals surface area (Å²) in [6.07, 6.45) is 4.88. The number of fused-ring (bicyclic) bond motifs is 3. The van der Waals surface area contributed by atoms with Crippen molar-refractivity contribution in [1.29, 1.82) is 0 Å². The van der Waals surface area contributed by atoms with E-state index in [0.29, 0.717) is 52.7 Å². The molecule has 1 aromatic heterocycles. The number of anilines is 1. The zero-order valence-electron chi connectivity index (χ0n) is 25.7. The fourth-order valence-electron chi connectivity index (χ4n) is 6.01. The highest BCUT2D eigenvalue weighted by molar-refractivity contribution is 6.31. The zero-order valence-corrected chi connectivity index (χ0v) is 27.2. The van der Waals surface area contributed by atoms with Crippen LogP contribution < -0.4 is 15.0 Å². The molecule has 2 aliphatic rings. The number of aliphatic hydroxyl groups is 1. The first-order valence-electron chi connectivity index (χ1n) is 15.4. The third-order valence-corrected chi connectivity index (χ3v) is 9.39. The molecule has 1 fully saturated rings. The second kappa shape index (κ2) is 13.7. The van der Waals surface area contributed by atoms with Gasteiger partial charge in [-0.15, -0.1) is 0 Å². The minimum absolute atomic E-state index is 0.00381. The van der Waals surface area contributed by atoms with E-state index in [1.807, 2.05) is 56.6 Å². The molecule has 1 unspecified atom stereocenters. The van der Waals surface area contributed by atoms with E-state index in [4.69, 9.17) is 37.8 Å². The maximum absolute atomic E-state index is 13.3. The van der Waals surface area contributed by atoms with Gasteiger partial charge in [-0.3, -0.25) is 14.4 Å². The predicted octanol–water partition coefficient (Wildman–Crippen LogP) is 6.85. The van der Waals surface area contributed by atoms with Crippen LogP contribution in [0.4, 0.5) is 10.5 Å². The Morgan fingerprint density at radius 3 is 2.76 bits per heavy atom. The lowest BCUT2D eigenvalue weighted by Crippen LogP contribution is -2.37. The number of nitrogens with zero attached hydrogens (tertiary/aromatic N) is 3. The van der Waals surface area contributed by atoms with E-state index in [2.05, 4.69) is 16.5 Å². The number of carbonyl (C=O) groups excluding carboxylic acids is 2. The van der Waals surface area contributed by atoms with Gasteiger partial charge in [-0.1, -0.05) is 41.4 Å². The summed E-state index contributed by atoms with van der Waals surface area (Å²) in [5.41, 5.74) is 6.07. The summed E-state index contributed by atoms with van der Waals surface area (Å²) in [5, 5.41) is 17.8. The Hall–Kier alpha value is -4.05. The van der Waals surface area contributed by atoms with Crippen molar-refractivity contribution in [3.05, 3.63) is 99.3 Å². The summed E-state index contributed by atoms with van der Waals surface area (Å²) in [6.45, 7) is 5.08. The van der Waals surface area contributed by atoms with E-state index < -0.39 is 6.09 Å². The summed E-state index contributed by atoms with van der Waals surface area (Å²) in [4.78, 5) is 27.7. The van der Waals surface area contributed by atoms with Crippen LogP contribution in [0, 0.1) is 12.8 Å². The monoisotopic (exact) mass is 662 g/mol. The number of hydrogen-bond acceptors (Lipinski definition) is 6. The van der Waals surface area contributed by atoms with Crippen LogP contribution in [-0.4, -0.2) is 59.3 Å². The summed E-state index contributed by atoms with van der Waals surface area (Å²) < 4.78 is 13.2. The average Bonchev–Trinajstić information content (AvgIpc) is 3.69. The molecule has 1 aliphatic heterocycles. The molecule has 240 valence electrons. The van der Waals surface area contributed by atoms with Crippen molar-refractivity contribution in [2.45, 2.75) is 45.2 Å². The number of aliphatic hydroxyl groups excluding tert-OH is 1. The topological polar surface area (TPSA) is 106 Å². The van der Waals surface area contributed by atoms with E-state index in [-0.39, 0.29) is 31.8 Å². The number of halogens is 2. The molecule has 1 saturated carbocycles. The molecule has 0 spiro atoms. The number of hydrogen-bond donors (Lipinski definition) is 2. The Kier molecular flexibility index (Phi) is 9.54. The lowest BCUT2D eigenvalue weighted by molar-refractivity contribution is 0.0934. The van der Waals surface area contributed by atoms with Gasteiger partial charge in [0.1, 0.15) is 19.0 Å². The lowest BCUT2D eigenvalue weighted by atomic mass is 9.93. The fourth-order valence-corrected chi connectivity index (χ4v) is 6.36. The largest absolute Gasteiger partial charge is 0.490 e. The highest BCUT2D eigenvalue weighted by Gasteiger charge is 2.48. The normalized spacial score (nSPS) is 17.1. The van der Waals surface area contributed by atoms with Crippen LogP contribution in [0.5, 0.6) is 5.75 Å². The van der Waals surface area contributed by atoms with Crippen molar-refractivity contribution >= 4 is 40.9 Å². The van der Waals surface area contributed by atoms with E-state index >= 15 is 0 Å². The van der Waals surface area contributed by atoms with Crippen LogP contribution in [0.1, 0.15) is 52.7 Å². The predicted molar refractivity (Wildman–Crippen MR) is 178 cm³/mol. The molecule has 46 heavy (non-hydrogen) atoms. The molecule has 11 heteroatoms. The number of carbonyl (C=O) groups is 2. The van der Waals surface area contributed by atoms with Crippen molar-refractivity contribution in [2.75, 3.05) is 31.3 Å². The quantitative estimate of drug-likeness (QED) is 0.170. The molecule has 0 radical (unpaired) electrons. The lowest BCUT2D eigenvalue weighted by Gasteiger charge is -2.29. The third kappa shape index (κ3) is 6.87. The van der Waals surface area contributed by atoms with Gasteiger partial charge in [-0.25, -0.2) is 4.79 Å². The Labute approximate surface area is 278 Å². The number of rotatable bonds is 11. The van der Waals surface area contributed by atoms with Gasteiger partial charge in [0.2, 0.25) is 0 Å². The van der Waals surface area contributed by atoms with Crippen molar-refractivity contribution < 1.29 is 24.2 Å². The van der Waals surface area contributed by atoms with Gasteiger partial charge in [0.05, 0.1) is 18.4 Å². The maximum Gasteiger partial charge on any atom is 0.414 e. The summed E-state index contributed by atoms with van der Waals surface area (Å²) in [6, 6.07) is 16.5. The highest BCUT2D eigenvalue weighted by Crippen LogP contribution is 2.57. The molecular formula is C35H36Cl2N4O5. The molecule has 1 aliphatic carbocycles. The van der Waals surface area contributed by atoms with Gasteiger partial charge in [-0.05, 0) is 91.6 Å². The molecule has 3 aromatic carbocycles. The molecule has 3 atom stereocenters. The smallest absolute Gasteiger partial charge is 0.414 e. The van der Waals surface area contributed by atoms with Crippen molar-refractivity contribution in [1.82, 2.24) is 15.1 Å². The Balaban J connectivity index is 1.15. The van der Waals surface area contributed by atoms with E-state index in [9.17, 15) is 9.59 Å². The van der Waals surface area contributed by atoms with Crippen LogP contribution in [0.15, 0.2) is 67.0 Å². The first-order chi connectivity index (χ1) is 22.2. The first kappa shape index (κ1) is 31.9. The minimum atomic E-state index is -0.393. The molecular weight excluding hydrogens is 627 g/mol. The fraction of sp³-hybridized carbons (Fsp3) is 0.343. The summed E-state index contributed by atoms with van der Waals surface area (Å²) >= 11 is 12.7. The van der Waals surface area contributed by atoms with Gasteiger partial charge >= 0.3 is 6.09 Å². The van der Waals surface area contributed by atoms with E-state index in [1.165, 1.54) is 0 Å². The second-order valence-electron chi connectivity index (χ2n) is 11.9. The minimum Gasteiger partial charge on any atom is -0.490 e. The van der Waals surface area contributed by atoms with Crippen molar-refractivity contribution in [3.63, 3.8) is 0 Å². The molecule has 2 heterocycles. The van der Waals surface area contributed by atoms with Crippen LogP contribution in [0.2, 0.25) is 10.0 Å². The Morgan fingerprint density at radius 1 is 1.11 bits per heavy atom. The first-order valence-corrected chi connectivity index (χ1v) is 16.2. The van der Waals surface area contributed by atoms with Gasteiger partial charge in [0, 0.05) is 52.1 Å². The van der Waals surface area contributed by atoms with Crippen LogP contribution in [-0.2, 0) is 11.3 Å². The Morgan fingerprint density at radius 2 is 1.93 bits per heavy atom. The average molecular weight is 664 g/mol. The molecule has 2 N–H and O–H groups in total. The van der Waals surface area contributed by atoms with Crippen LogP contribution >= 0.6 is 23.2 Å². The molecule has 9 nitrogen and oxygen atoms in total. The van der Waals surface area contributed by atoms with Gasteiger partial charge in [-0.2, -0.15) is 5.10 Å². The van der Waals surface area contributed by atoms with E-state index in [1.54, 1.807) is 27.8 Å². The number of benzene rings is 3. The van der Waals surface area contributed by atoms with Crippen molar-refractivity contribution in [3.8, 4) is 16.9 Å². The van der Waals surface area contributed by atoms with Gasteiger partial charge < -0.3 is 19.9 Å². The van der Waals surface area contributed by atoms with Crippen LogP contribution in [0.3, 0.4) is 0 Å². The summed E-state index contributed by atoms with van der Waals surface area (Å²) in [5.74, 6) is 1.21. The van der Waals surface area contributed by atoms with Gasteiger partial charge in [0.15, 0.2) is 0 Å². The third-order valence-electron chi connectivity index (χ3n) is 8.61. The number of nitrogens with one attached hydrogen (secondary N) is 1.